The van der Waals surface area contributed by atoms with Gasteiger partial charge in [0, 0.05) is 19.4 Å². The molecule has 4 nitrogen and oxygen atoms in total. The molecule has 1 amide bonds. The van der Waals surface area contributed by atoms with Crippen LogP contribution >= 0.6 is 0 Å². The molecule has 1 aliphatic carbocycles. The van der Waals surface area contributed by atoms with Gasteiger partial charge in [-0.05, 0) is 29.5 Å². The summed E-state index contributed by atoms with van der Waals surface area (Å²) in [5, 5.41) is 11.3. The summed E-state index contributed by atoms with van der Waals surface area (Å²) in [6.45, 7) is 0.915. The van der Waals surface area contributed by atoms with E-state index in [1.165, 1.54) is 11.1 Å². The maximum absolute atomic E-state index is 12.6. The molecule has 0 aromatic heterocycles. The standard InChI is InChI=1S/C21H23NO3/c23-20(25-15-16-7-2-1-3-8-16)22-12-6-11-19(22)21(24)13-17-9-4-5-10-18(17)14-21/h1-5,7-10,19,24H,6,11-15H2/t19-/m0/s1. The monoisotopic (exact) mass is 337 g/mol. The van der Waals surface area contributed by atoms with Crippen molar-refractivity contribution in [3.63, 3.8) is 0 Å². The largest absolute Gasteiger partial charge is 0.445 e. The molecule has 2 aromatic rings. The van der Waals surface area contributed by atoms with Crippen LogP contribution in [0.25, 0.3) is 0 Å². The summed E-state index contributed by atoms with van der Waals surface area (Å²) >= 11 is 0. The van der Waals surface area contributed by atoms with Gasteiger partial charge in [0.25, 0.3) is 0 Å². The fraction of sp³-hybridized carbons (Fsp3) is 0.381. The minimum absolute atomic E-state index is 0.178. The number of likely N-dealkylation sites (tertiary alicyclic amines) is 1. The number of nitrogens with zero attached hydrogens (tertiary/aromatic N) is 1. The molecule has 1 fully saturated rings. The van der Waals surface area contributed by atoms with E-state index >= 15 is 0 Å². The Morgan fingerprint density at radius 1 is 1.08 bits per heavy atom. The van der Waals surface area contributed by atoms with Crippen molar-refractivity contribution in [1.29, 1.82) is 0 Å². The predicted octanol–water partition coefficient (Wildman–Crippen LogP) is 3.32. The highest BCUT2D eigenvalue weighted by molar-refractivity contribution is 5.69. The number of rotatable bonds is 3. The summed E-state index contributed by atoms with van der Waals surface area (Å²) in [5.74, 6) is 0. The molecule has 2 aliphatic rings. The number of aliphatic hydroxyl groups is 1. The lowest BCUT2D eigenvalue weighted by atomic mass is 9.89. The molecule has 1 heterocycles. The molecule has 1 atom stereocenters. The van der Waals surface area contributed by atoms with Crippen LogP contribution in [0.4, 0.5) is 4.79 Å². The SMILES string of the molecule is O=C(OCc1ccccc1)N1CCC[C@H]1C1(O)Cc2ccccc2C1. The summed E-state index contributed by atoms with van der Waals surface area (Å²) in [7, 11) is 0. The molecule has 0 bridgehead atoms. The van der Waals surface area contributed by atoms with E-state index in [0.717, 1.165) is 18.4 Å². The summed E-state index contributed by atoms with van der Waals surface area (Å²) in [6, 6.07) is 17.7. The number of hydrogen-bond acceptors (Lipinski definition) is 3. The van der Waals surface area contributed by atoms with Crippen LogP contribution in [0.3, 0.4) is 0 Å². The van der Waals surface area contributed by atoms with Gasteiger partial charge in [-0.25, -0.2) is 4.79 Å². The highest BCUT2D eigenvalue weighted by Gasteiger charge is 2.48. The zero-order chi connectivity index (χ0) is 17.3. The van der Waals surface area contributed by atoms with E-state index in [1.54, 1.807) is 4.90 Å². The lowest BCUT2D eigenvalue weighted by molar-refractivity contribution is -0.0253. The van der Waals surface area contributed by atoms with Gasteiger partial charge in [0.05, 0.1) is 11.6 Å². The van der Waals surface area contributed by atoms with Gasteiger partial charge < -0.3 is 14.7 Å². The molecule has 130 valence electrons. The van der Waals surface area contributed by atoms with Crippen LogP contribution in [-0.2, 0) is 24.2 Å². The van der Waals surface area contributed by atoms with Crippen molar-refractivity contribution >= 4 is 6.09 Å². The molecule has 0 saturated carbocycles. The van der Waals surface area contributed by atoms with Gasteiger partial charge in [0.15, 0.2) is 0 Å². The van der Waals surface area contributed by atoms with Gasteiger partial charge in [-0.2, -0.15) is 0 Å². The lowest BCUT2D eigenvalue weighted by Crippen LogP contribution is -2.52. The van der Waals surface area contributed by atoms with Crippen molar-refractivity contribution in [3.8, 4) is 0 Å². The Balaban J connectivity index is 1.45. The van der Waals surface area contributed by atoms with E-state index in [2.05, 4.69) is 12.1 Å². The maximum Gasteiger partial charge on any atom is 0.410 e. The molecule has 0 spiro atoms. The van der Waals surface area contributed by atoms with Crippen LogP contribution in [0, 0.1) is 0 Å². The summed E-state index contributed by atoms with van der Waals surface area (Å²) in [5.41, 5.74) is 2.47. The number of hydrogen-bond donors (Lipinski definition) is 1. The molecule has 4 rings (SSSR count). The topological polar surface area (TPSA) is 49.8 Å². The second-order valence-electron chi connectivity index (χ2n) is 7.12. The number of fused-ring (bicyclic) bond motifs is 1. The van der Waals surface area contributed by atoms with Crippen LogP contribution < -0.4 is 0 Å². The quantitative estimate of drug-likeness (QED) is 0.935. The third-order valence-electron chi connectivity index (χ3n) is 5.42. The molecular weight excluding hydrogens is 314 g/mol. The first-order valence-corrected chi connectivity index (χ1v) is 8.92. The zero-order valence-corrected chi connectivity index (χ0v) is 14.2. The van der Waals surface area contributed by atoms with Crippen molar-refractivity contribution in [2.75, 3.05) is 6.54 Å². The number of carbonyl (C=O) groups is 1. The fourth-order valence-corrected chi connectivity index (χ4v) is 4.21. The molecule has 0 unspecified atom stereocenters. The first-order chi connectivity index (χ1) is 12.2. The molecule has 0 radical (unpaired) electrons. The van der Waals surface area contributed by atoms with Crippen LogP contribution in [0.5, 0.6) is 0 Å². The number of ether oxygens (including phenoxy) is 1. The van der Waals surface area contributed by atoms with E-state index in [4.69, 9.17) is 4.74 Å². The normalized spacial score (nSPS) is 21.2. The van der Waals surface area contributed by atoms with Gasteiger partial charge in [0.2, 0.25) is 0 Å². The Bertz CT molecular complexity index is 734. The highest BCUT2D eigenvalue weighted by atomic mass is 16.6. The molecule has 25 heavy (non-hydrogen) atoms. The van der Waals surface area contributed by atoms with Gasteiger partial charge >= 0.3 is 6.09 Å². The predicted molar refractivity (Wildman–Crippen MR) is 95.2 cm³/mol. The Morgan fingerprint density at radius 3 is 2.40 bits per heavy atom. The van der Waals surface area contributed by atoms with Crippen molar-refractivity contribution in [2.24, 2.45) is 0 Å². The molecule has 1 N–H and O–H groups in total. The van der Waals surface area contributed by atoms with Crippen LogP contribution in [-0.4, -0.2) is 34.3 Å². The number of amides is 1. The maximum atomic E-state index is 12.6. The third kappa shape index (κ3) is 3.14. The Kier molecular flexibility index (Phi) is 4.22. The second kappa shape index (κ2) is 6.52. The van der Waals surface area contributed by atoms with E-state index < -0.39 is 5.60 Å². The van der Waals surface area contributed by atoms with Crippen molar-refractivity contribution < 1.29 is 14.6 Å². The van der Waals surface area contributed by atoms with Crippen molar-refractivity contribution in [3.05, 3.63) is 71.3 Å². The van der Waals surface area contributed by atoms with E-state index in [0.29, 0.717) is 19.4 Å². The van der Waals surface area contributed by atoms with Gasteiger partial charge in [-0.3, -0.25) is 0 Å². The minimum atomic E-state index is -0.883. The van der Waals surface area contributed by atoms with Gasteiger partial charge in [-0.15, -0.1) is 0 Å². The van der Waals surface area contributed by atoms with E-state index in [-0.39, 0.29) is 18.7 Å². The average Bonchev–Trinajstić information content (AvgIpc) is 3.25. The first-order valence-electron chi connectivity index (χ1n) is 8.92. The summed E-state index contributed by atoms with van der Waals surface area (Å²) < 4.78 is 5.50. The highest BCUT2D eigenvalue weighted by Crippen LogP contribution is 2.38. The molecule has 1 saturated heterocycles. The minimum Gasteiger partial charge on any atom is -0.445 e. The molecule has 2 aromatic carbocycles. The smallest absolute Gasteiger partial charge is 0.410 e. The molecular formula is C21H23NO3. The Morgan fingerprint density at radius 2 is 1.72 bits per heavy atom. The fourth-order valence-electron chi connectivity index (χ4n) is 4.21. The first kappa shape index (κ1) is 16.2. The van der Waals surface area contributed by atoms with Crippen molar-refractivity contribution in [2.45, 2.75) is 43.9 Å². The third-order valence-corrected chi connectivity index (χ3v) is 5.42. The van der Waals surface area contributed by atoms with Crippen LogP contribution in [0.2, 0.25) is 0 Å². The van der Waals surface area contributed by atoms with Crippen molar-refractivity contribution in [1.82, 2.24) is 4.90 Å². The van der Waals surface area contributed by atoms with Crippen LogP contribution in [0.15, 0.2) is 54.6 Å². The van der Waals surface area contributed by atoms with Gasteiger partial charge in [-0.1, -0.05) is 54.6 Å². The number of benzene rings is 2. The Labute approximate surface area is 148 Å². The molecule has 1 aliphatic heterocycles. The summed E-state index contributed by atoms with van der Waals surface area (Å²) in [6.07, 6.45) is 2.62. The van der Waals surface area contributed by atoms with E-state index in [9.17, 15) is 9.90 Å². The number of carbonyl (C=O) groups excluding carboxylic acids is 1. The second-order valence-corrected chi connectivity index (χ2v) is 7.12. The Hall–Kier alpha value is -2.33. The molecule has 4 heteroatoms. The van der Waals surface area contributed by atoms with Crippen LogP contribution in [0.1, 0.15) is 29.5 Å². The van der Waals surface area contributed by atoms with Gasteiger partial charge in [0.1, 0.15) is 6.61 Å². The lowest BCUT2D eigenvalue weighted by Gasteiger charge is -2.35. The average molecular weight is 337 g/mol. The summed E-state index contributed by atoms with van der Waals surface area (Å²) in [4.78, 5) is 14.3. The zero-order valence-electron chi connectivity index (χ0n) is 14.2. The van der Waals surface area contributed by atoms with E-state index in [1.807, 2.05) is 42.5 Å².